The molecule has 0 aromatic heterocycles. The van der Waals surface area contributed by atoms with Gasteiger partial charge in [0, 0.05) is 0 Å². The molecule has 0 radical (unpaired) electrons. The van der Waals surface area contributed by atoms with E-state index in [0.29, 0.717) is 5.75 Å². The van der Waals surface area contributed by atoms with Crippen LogP contribution in [0.15, 0.2) is 46.9 Å². The van der Waals surface area contributed by atoms with E-state index in [9.17, 15) is 8.78 Å². The number of hydrogen-bond acceptors (Lipinski definition) is 2. The van der Waals surface area contributed by atoms with Crippen molar-refractivity contribution >= 4 is 27.5 Å². The predicted octanol–water partition coefficient (Wildman–Crippen LogP) is 5.39. The van der Waals surface area contributed by atoms with Crippen molar-refractivity contribution in [2.45, 2.75) is 12.0 Å². The first-order valence-electron chi connectivity index (χ1n) is 6.03. The Balaban J connectivity index is 2.19. The van der Waals surface area contributed by atoms with Crippen LogP contribution in [0.4, 0.5) is 8.78 Å². The van der Waals surface area contributed by atoms with Gasteiger partial charge in [-0.25, -0.2) is 0 Å². The smallest absolute Gasteiger partial charge is 0.387 e. The fraction of sp³-hybridized carbons (Fsp3) is 0.200. The average molecular weight is 378 g/mol. The largest absolute Gasteiger partial charge is 0.496 e. The first kappa shape index (κ1) is 16.0. The highest BCUT2D eigenvalue weighted by Crippen LogP contribution is 2.34. The number of ether oxygens (including phenoxy) is 2. The summed E-state index contributed by atoms with van der Waals surface area (Å²) in [4.78, 5) is 0. The molecule has 0 spiro atoms. The molecule has 2 aromatic carbocycles. The highest BCUT2D eigenvalue weighted by Gasteiger charge is 2.13. The van der Waals surface area contributed by atoms with Crippen molar-refractivity contribution < 1.29 is 18.3 Å². The van der Waals surface area contributed by atoms with Gasteiger partial charge >= 0.3 is 6.61 Å². The Labute approximate surface area is 134 Å². The van der Waals surface area contributed by atoms with Crippen molar-refractivity contribution in [1.29, 1.82) is 0 Å². The zero-order chi connectivity index (χ0) is 15.4. The van der Waals surface area contributed by atoms with Crippen molar-refractivity contribution in [3.8, 4) is 11.5 Å². The molecule has 0 saturated carbocycles. The lowest BCUT2D eigenvalue weighted by atomic mass is 10.0. The maximum absolute atomic E-state index is 12.1. The third-order valence-corrected chi connectivity index (χ3v) is 3.99. The summed E-state index contributed by atoms with van der Waals surface area (Å²) in [7, 11) is 1.58. The second-order valence-electron chi connectivity index (χ2n) is 4.20. The molecule has 2 aromatic rings. The van der Waals surface area contributed by atoms with E-state index >= 15 is 0 Å². The third-order valence-electron chi connectivity index (χ3n) is 2.87. The summed E-state index contributed by atoms with van der Waals surface area (Å²) < 4.78 is 34.5. The van der Waals surface area contributed by atoms with Crippen LogP contribution in [-0.4, -0.2) is 13.7 Å². The van der Waals surface area contributed by atoms with Crippen molar-refractivity contribution in [1.82, 2.24) is 0 Å². The highest BCUT2D eigenvalue weighted by molar-refractivity contribution is 9.10. The quantitative estimate of drug-likeness (QED) is 0.651. The molecule has 1 unspecified atom stereocenters. The summed E-state index contributed by atoms with van der Waals surface area (Å²) in [5, 5.41) is -0.396. The summed E-state index contributed by atoms with van der Waals surface area (Å²) in [6, 6.07) is 11.8. The Morgan fingerprint density at radius 2 is 1.67 bits per heavy atom. The van der Waals surface area contributed by atoms with E-state index in [0.717, 1.165) is 15.6 Å². The maximum Gasteiger partial charge on any atom is 0.387 e. The fourth-order valence-electron chi connectivity index (χ4n) is 1.85. The van der Waals surface area contributed by atoms with Crippen molar-refractivity contribution in [3.63, 3.8) is 0 Å². The average Bonchev–Trinajstić information content (AvgIpc) is 2.46. The number of halogens is 4. The van der Waals surface area contributed by atoms with Crippen LogP contribution in [0.1, 0.15) is 16.5 Å². The second kappa shape index (κ2) is 7.09. The molecule has 112 valence electrons. The van der Waals surface area contributed by atoms with Crippen LogP contribution >= 0.6 is 27.5 Å². The molecule has 21 heavy (non-hydrogen) atoms. The van der Waals surface area contributed by atoms with Gasteiger partial charge in [0.1, 0.15) is 11.5 Å². The van der Waals surface area contributed by atoms with Crippen LogP contribution in [0.5, 0.6) is 11.5 Å². The number of alkyl halides is 3. The topological polar surface area (TPSA) is 18.5 Å². The molecule has 0 saturated heterocycles. The molecule has 1 atom stereocenters. The normalized spacial score (nSPS) is 12.3. The Kier molecular flexibility index (Phi) is 5.42. The highest BCUT2D eigenvalue weighted by atomic mass is 79.9. The van der Waals surface area contributed by atoms with Gasteiger partial charge in [-0.1, -0.05) is 18.2 Å². The van der Waals surface area contributed by atoms with Crippen LogP contribution in [0.25, 0.3) is 0 Å². The lowest BCUT2D eigenvalue weighted by Crippen LogP contribution is -2.02. The maximum atomic E-state index is 12.1. The Morgan fingerprint density at radius 1 is 1.05 bits per heavy atom. The first-order valence-corrected chi connectivity index (χ1v) is 7.26. The second-order valence-corrected chi connectivity index (χ2v) is 5.49. The molecule has 0 heterocycles. The minimum atomic E-state index is -2.83. The summed E-state index contributed by atoms with van der Waals surface area (Å²) in [5.41, 5.74) is 1.65. The number of rotatable bonds is 5. The van der Waals surface area contributed by atoms with Crippen molar-refractivity contribution in [2.75, 3.05) is 7.11 Å². The monoisotopic (exact) mass is 376 g/mol. The van der Waals surface area contributed by atoms with Crippen molar-refractivity contribution in [3.05, 3.63) is 58.1 Å². The van der Waals surface area contributed by atoms with Gasteiger partial charge in [0.05, 0.1) is 17.0 Å². The molecule has 0 fully saturated rings. The first-order chi connectivity index (χ1) is 10.0. The molecule has 0 amide bonds. The van der Waals surface area contributed by atoms with E-state index in [4.69, 9.17) is 16.3 Å². The van der Waals surface area contributed by atoms with Crippen LogP contribution in [0, 0.1) is 0 Å². The Hall–Kier alpha value is -1.33. The van der Waals surface area contributed by atoms with Gasteiger partial charge in [0.15, 0.2) is 0 Å². The van der Waals surface area contributed by atoms with Gasteiger partial charge in [-0.05, 0) is 51.3 Å². The molecule has 2 rings (SSSR count). The van der Waals surface area contributed by atoms with Crippen LogP contribution in [0.3, 0.4) is 0 Å². The lowest BCUT2D eigenvalue weighted by Gasteiger charge is -2.13. The van der Waals surface area contributed by atoms with E-state index < -0.39 is 12.0 Å². The fourth-order valence-corrected chi connectivity index (χ4v) is 2.69. The van der Waals surface area contributed by atoms with E-state index in [1.807, 2.05) is 18.2 Å². The van der Waals surface area contributed by atoms with E-state index in [1.54, 1.807) is 19.2 Å². The number of methoxy groups -OCH3 is 1. The summed E-state index contributed by atoms with van der Waals surface area (Å²) >= 11 is 9.81. The molecule has 2 nitrogen and oxygen atoms in total. The van der Waals surface area contributed by atoms with E-state index in [1.165, 1.54) is 12.1 Å². The molecule has 6 heteroatoms. The van der Waals surface area contributed by atoms with Gasteiger partial charge in [0.2, 0.25) is 0 Å². The summed E-state index contributed by atoms with van der Waals surface area (Å²) in [6.07, 6.45) is 0. The third kappa shape index (κ3) is 4.08. The zero-order valence-electron chi connectivity index (χ0n) is 11.0. The number of hydrogen-bond donors (Lipinski definition) is 0. The van der Waals surface area contributed by atoms with Crippen LogP contribution < -0.4 is 9.47 Å². The van der Waals surface area contributed by atoms with Gasteiger partial charge in [0.25, 0.3) is 0 Å². The van der Waals surface area contributed by atoms with Gasteiger partial charge < -0.3 is 9.47 Å². The molecule has 0 aliphatic carbocycles. The van der Waals surface area contributed by atoms with Gasteiger partial charge in [-0.3, -0.25) is 0 Å². The Bertz CT molecular complexity index is 605. The predicted molar refractivity (Wildman–Crippen MR) is 81.5 cm³/mol. The summed E-state index contributed by atoms with van der Waals surface area (Å²) in [5.74, 6) is 0.817. The SMILES string of the molecule is COc1ccc(C(Cl)c2ccc(OC(F)F)cc2)cc1Br. The molecule has 0 aliphatic heterocycles. The molecule has 0 aliphatic rings. The lowest BCUT2D eigenvalue weighted by molar-refractivity contribution is -0.0498. The molecule has 0 bridgehead atoms. The van der Waals surface area contributed by atoms with Crippen LogP contribution in [-0.2, 0) is 0 Å². The minimum absolute atomic E-state index is 0.105. The van der Waals surface area contributed by atoms with Crippen molar-refractivity contribution in [2.24, 2.45) is 0 Å². The molecular weight excluding hydrogens is 366 g/mol. The van der Waals surface area contributed by atoms with Crippen LogP contribution in [0.2, 0.25) is 0 Å². The van der Waals surface area contributed by atoms with E-state index in [2.05, 4.69) is 20.7 Å². The standard InChI is InChI=1S/C15H12BrClF2O2/c1-20-13-7-4-10(8-12(13)16)14(17)9-2-5-11(6-3-9)21-15(18)19/h2-8,14-15H,1H3. The zero-order valence-corrected chi connectivity index (χ0v) is 13.4. The number of benzene rings is 2. The molecular formula is C15H12BrClF2O2. The van der Waals surface area contributed by atoms with E-state index in [-0.39, 0.29) is 5.75 Å². The van der Waals surface area contributed by atoms with Gasteiger partial charge in [-0.15, -0.1) is 11.6 Å². The minimum Gasteiger partial charge on any atom is -0.496 e. The Morgan fingerprint density at radius 3 is 2.19 bits per heavy atom. The summed E-state index contributed by atoms with van der Waals surface area (Å²) in [6.45, 7) is -2.83. The molecule has 0 N–H and O–H groups in total. The van der Waals surface area contributed by atoms with Gasteiger partial charge in [-0.2, -0.15) is 8.78 Å².